The summed E-state index contributed by atoms with van der Waals surface area (Å²) in [6, 6.07) is 54.2. The number of para-hydroxylation sites is 1. The number of hydrogen-bond acceptors (Lipinski definition) is 3. The lowest BCUT2D eigenvalue weighted by atomic mass is 9.43. The lowest BCUT2D eigenvalue weighted by molar-refractivity contribution is 0.195. The van der Waals surface area contributed by atoms with Crippen LogP contribution >= 0.6 is 11.3 Å². The smallest absolute Gasteiger partial charge is 0.333 e. The maximum Gasteiger partial charge on any atom is 0.333 e. The van der Waals surface area contributed by atoms with Crippen LogP contribution in [0.1, 0.15) is 155 Å². The van der Waals surface area contributed by atoms with Crippen molar-refractivity contribution < 1.29 is 0 Å². The summed E-state index contributed by atoms with van der Waals surface area (Å²) in [6.07, 6.45) is 12.0. The third kappa shape index (κ3) is 6.24. The number of fused-ring (bicyclic) bond motifs is 17. The van der Waals surface area contributed by atoms with Crippen LogP contribution < -0.4 is 20.6 Å². The van der Waals surface area contributed by atoms with Crippen LogP contribution in [0.5, 0.6) is 0 Å². The van der Waals surface area contributed by atoms with Crippen molar-refractivity contribution in [2.45, 2.75) is 161 Å². The summed E-state index contributed by atoms with van der Waals surface area (Å²) in [5, 5.41) is 8.18. The molecule has 380 valence electrons. The first-order valence-electron chi connectivity index (χ1n) is 29.0. The summed E-state index contributed by atoms with van der Waals surface area (Å²) in [5.74, 6) is 0. The molecule has 1 saturated carbocycles. The lowest BCUT2D eigenvalue weighted by Crippen LogP contribution is -2.61. The molecule has 2 unspecified atom stereocenters. The second-order valence-corrected chi connectivity index (χ2v) is 27.9. The zero-order valence-corrected chi connectivity index (χ0v) is 47.4. The number of anilines is 4. The quantitative estimate of drug-likeness (QED) is 0.121. The Labute approximate surface area is 455 Å². The van der Waals surface area contributed by atoms with E-state index in [-0.39, 0.29) is 34.0 Å². The van der Waals surface area contributed by atoms with Gasteiger partial charge in [0.2, 0.25) is 0 Å². The van der Waals surface area contributed by atoms with E-state index in [0.717, 1.165) is 12.8 Å². The van der Waals surface area contributed by atoms with E-state index in [1.165, 1.54) is 182 Å². The Kier molecular flexibility index (Phi) is 9.83. The predicted molar refractivity (Wildman–Crippen MR) is 330 cm³/mol. The largest absolute Gasteiger partial charge is 0.376 e. The van der Waals surface area contributed by atoms with Gasteiger partial charge >= 0.3 is 6.85 Å². The minimum Gasteiger partial charge on any atom is -0.376 e. The molecule has 2 aliphatic carbocycles. The highest BCUT2D eigenvalue weighted by Crippen LogP contribution is 2.63. The van der Waals surface area contributed by atoms with Gasteiger partial charge in [0.1, 0.15) is 0 Å². The number of hydrogen-bond donors (Lipinski definition) is 0. The summed E-state index contributed by atoms with van der Waals surface area (Å²) in [6.45, 7) is 24.4. The van der Waals surface area contributed by atoms with Gasteiger partial charge in [0.05, 0.1) is 22.3 Å². The summed E-state index contributed by atoms with van der Waals surface area (Å²) < 4.78 is 5.52. The van der Waals surface area contributed by atoms with Crippen molar-refractivity contribution in [1.29, 1.82) is 0 Å². The van der Waals surface area contributed by atoms with Crippen LogP contribution in [0.25, 0.3) is 69.6 Å². The summed E-state index contributed by atoms with van der Waals surface area (Å²) in [7, 11) is 0. The number of nitrogens with zero attached hydrogens (tertiary/aromatic N) is 3. The van der Waals surface area contributed by atoms with Crippen LogP contribution in [-0.2, 0) is 28.1 Å². The molecule has 8 aromatic carbocycles. The molecule has 5 aliphatic rings. The van der Waals surface area contributed by atoms with E-state index in [9.17, 15) is 0 Å². The fourth-order valence-corrected chi connectivity index (χ4v) is 17.1. The number of unbranched alkanes of at least 4 members (excludes halogenated alkanes) is 2. The standard InChI is InChI=1S/C71H72BN3S/c1-11-12-13-20-43-25-31-57-55(37-43)72-65-51(40-60(64-63-47-22-15-14-21-44(47)26-32-58(63)73(57)66(64)65)74-56-24-17-16-23-52(56)70(9)33-18-19-34-71(70,74)10)48-38-49-50-39-53-54(69(7,8)36-35-68(53,5)6)41-61(50)76-62(49)42-59(48)75(72)46-29-27-45(28-30-46)67(2,3)4/h14-17,21-32,37-42H,11-13,18-20,33-36H2,1-10H3. The fraction of sp³-hybridized carbons (Fsp3) is 0.352. The van der Waals surface area contributed by atoms with Crippen molar-refractivity contribution in [2.75, 3.05) is 9.71 Å². The molecule has 0 N–H and O–H groups in total. The van der Waals surface area contributed by atoms with Gasteiger partial charge in [0, 0.05) is 64.7 Å². The molecule has 5 heterocycles. The molecular weight excluding hydrogens is 938 g/mol. The highest BCUT2D eigenvalue weighted by molar-refractivity contribution is 7.26. The number of rotatable bonds is 6. The van der Waals surface area contributed by atoms with Gasteiger partial charge in [-0.3, -0.25) is 0 Å². The van der Waals surface area contributed by atoms with E-state index in [0.29, 0.717) is 0 Å². The first kappa shape index (κ1) is 47.0. The van der Waals surface area contributed by atoms with Crippen molar-refractivity contribution in [3.63, 3.8) is 0 Å². The van der Waals surface area contributed by atoms with E-state index >= 15 is 0 Å². The number of thiophene rings is 1. The lowest BCUT2D eigenvalue weighted by Gasteiger charge is -2.51. The molecule has 0 saturated heterocycles. The highest BCUT2D eigenvalue weighted by atomic mass is 32.1. The van der Waals surface area contributed by atoms with Gasteiger partial charge in [0.25, 0.3) is 0 Å². The fourth-order valence-electron chi connectivity index (χ4n) is 16.0. The summed E-state index contributed by atoms with van der Waals surface area (Å²) >= 11 is 2.01. The summed E-state index contributed by atoms with van der Waals surface area (Å²) in [4.78, 5) is 5.69. The molecule has 1 fully saturated rings. The van der Waals surface area contributed by atoms with Gasteiger partial charge in [-0.25, -0.2) is 0 Å². The highest BCUT2D eigenvalue weighted by Gasteiger charge is 2.58. The Balaban J connectivity index is 1.13. The molecule has 76 heavy (non-hydrogen) atoms. The molecule has 15 rings (SSSR count). The monoisotopic (exact) mass is 1010 g/mol. The van der Waals surface area contributed by atoms with Gasteiger partial charge in [-0.1, -0.05) is 161 Å². The molecule has 0 radical (unpaired) electrons. The normalized spacial score (nSPS) is 20.9. The molecule has 2 atom stereocenters. The number of aryl methyl sites for hydroxylation is 1. The van der Waals surface area contributed by atoms with Crippen LogP contribution in [-0.4, -0.2) is 17.0 Å². The van der Waals surface area contributed by atoms with Gasteiger partial charge in [0.15, 0.2) is 0 Å². The molecular formula is C71H72BN3S. The molecule has 0 spiro atoms. The zero-order chi connectivity index (χ0) is 52.0. The maximum atomic E-state index is 2.90. The van der Waals surface area contributed by atoms with E-state index in [4.69, 9.17) is 0 Å². The van der Waals surface area contributed by atoms with E-state index in [2.05, 4.69) is 217 Å². The van der Waals surface area contributed by atoms with E-state index in [1.807, 2.05) is 11.3 Å². The Morgan fingerprint density at radius 3 is 2.09 bits per heavy atom. The molecule has 3 aliphatic heterocycles. The van der Waals surface area contributed by atoms with Crippen LogP contribution in [0.3, 0.4) is 0 Å². The number of aromatic nitrogens is 1. The minimum atomic E-state index is -0.130. The van der Waals surface area contributed by atoms with Crippen molar-refractivity contribution in [1.82, 2.24) is 4.57 Å². The van der Waals surface area contributed by atoms with Crippen molar-refractivity contribution >= 4 is 105 Å². The van der Waals surface area contributed by atoms with Gasteiger partial charge in [-0.15, -0.1) is 11.3 Å². The van der Waals surface area contributed by atoms with Crippen molar-refractivity contribution in [3.8, 4) is 16.8 Å². The Hall–Kier alpha value is -6.30. The second kappa shape index (κ2) is 15.9. The minimum absolute atomic E-state index is 0.00203. The topological polar surface area (TPSA) is 11.4 Å². The molecule has 0 bridgehead atoms. The van der Waals surface area contributed by atoms with E-state index < -0.39 is 0 Å². The van der Waals surface area contributed by atoms with Crippen LogP contribution in [0.15, 0.2) is 133 Å². The van der Waals surface area contributed by atoms with Gasteiger partial charge in [-0.05, 0) is 177 Å². The van der Waals surface area contributed by atoms with Crippen molar-refractivity contribution in [3.05, 3.63) is 161 Å². The van der Waals surface area contributed by atoms with E-state index in [1.54, 1.807) is 0 Å². The van der Waals surface area contributed by atoms with Crippen LogP contribution in [0, 0.1) is 0 Å². The SMILES string of the molecule is CCCCCc1ccc2c(c1)B1c3c(cc(N4c5ccccc5C5(C)CCCCC45C)c4c5c6ccccc6ccc5n-2c34)-c2cc3c(cc2N1c1ccc(C(C)(C)C)cc1)sc1cc2c(cc13)C(C)(C)CCC2(C)C. The predicted octanol–water partition coefficient (Wildman–Crippen LogP) is 18.7. The Morgan fingerprint density at radius 2 is 1.30 bits per heavy atom. The first-order chi connectivity index (χ1) is 36.5. The van der Waals surface area contributed by atoms with Crippen LogP contribution in [0.2, 0.25) is 0 Å². The molecule has 5 heteroatoms. The average molecular weight is 1010 g/mol. The van der Waals surface area contributed by atoms with Gasteiger partial charge in [-0.2, -0.15) is 0 Å². The number of benzene rings is 8. The first-order valence-corrected chi connectivity index (χ1v) is 29.8. The second-order valence-electron chi connectivity index (χ2n) is 26.8. The molecule has 3 nitrogen and oxygen atoms in total. The summed E-state index contributed by atoms with van der Waals surface area (Å²) in [5.41, 5.74) is 22.4. The van der Waals surface area contributed by atoms with Crippen LogP contribution in [0.4, 0.5) is 22.7 Å². The van der Waals surface area contributed by atoms with Crippen molar-refractivity contribution in [2.24, 2.45) is 0 Å². The average Bonchev–Trinajstić information content (AvgIpc) is 4.04. The molecule has 0 amide bonds. The molecule has 2 aromatic heterocycles. The zero-order valence-electron chi connectivity index (χ0n) is 46.6. The third-order valence-corrected chi connectivity index (χ3v) is 21.7. The van der Waals surface area contributed by atoms with Gasteiger partial charge < -0.3 is 14.3 Å². The Bertz CT molecular complexity index is 4120. The molecule has 10 aromatic rings. The Morgan fingerprint density at radius 1 is 0.579 bits per heavy atom. The maximum absolute atomic E-state index is 2.90. The third-order valence-electron chi connectivity index (χ3n) is 20.5.